The molecule has 28 heavy (non-hydrogen) atoms. The molecular weight excluding hydrogens is 381 g/mol. The number of rotatable bonds is 4. The van der Waals surface area contributed by atoms with E-state index in [4.69, 9.17) is 14.2 Å². The molecule has 4 rings (SSSR count). The van der Waals surface area contributed by atoms with E-state index in [1.165, 1.54) is 23.9 Å². The Balaban J connectivity index is 1.62. The molecule has 5 nitrogen and oxygen atoms in total. The lowest BCUT2D eigenvalue weighted by Crippen LogP contribution is -2.41. The molecule has 2 aliphatic heterocycles. The van der Waals surface area contributed by atoms with E-state index in [0.717, 1.165) is 11.3 Å². The number of likely N-dealkylation sites (N-methyl/N-ethyl adjacent to an activating group) is 1. The monoisotopic (exact) mass is 403 g/mol. The summed E-state index contributed by atoms with van der Waals surface area (Å²) < 4.78 is 31.5. The molecule has 2 aromatic carbocycles. The van der Waals surface area contributed by atoms with Gasteiger partial charge in [-0.05, 0) is 35.9 Å². The Labute approximate surface area is 167 Å². The maximum atomic E-state index is 14.4. The number of benzene rings is 2. The van der Waals surface area contributed by atoms with Crippen molar-refractivity contribution in [3.8, 4) is 5.75 Å². The van der Waals surface area contributed by atoms with Crippen LogP contribution in [-0.2, 0) is 19.9 Å². The molecule has 0 radical (unpaired) electrons. The number of methoxy groups -OCH3 is 1. The molecule has 1 saturated heterocycles. The first-order valence-electron chi connectivity index (χ1n) is 9.16. The highest BCUT2D eigenvalue weighted by Gasteiger charge is 2.36. The van der Waals surface area contributed by atoms with Crippen molar-refractivity contribution in [2.24, 2.45) is 0 Å². The summed E-state index contributed by atoms with van der Waals surface area (Å²) in [6.45, 7) is 1.14. The van der Waals surface area contributed by atoms with Gasteiger partial charge in [0.05, 0.1) is 11.3 Å². The molecule has 148 valence electrons. The van der Waals surface area contributed by atoms with Crippen LogP contribution in [-0.4, -0.2) is 38.7 Å². The van der Waals surface area contributed by atoms with Crippen molar-refractivity contribution < 1.29 is 23.4 Å². The molecule has 2 heterocycles. The minimum atomic E-state index is -0.775. The van der Waals surface area contributed by atoms with E-state index in [1.54, 1.807) is 19.1 Å². The molecule has 0 aromatic heterocycles. The molecule has 0 saturated carbocycles. The second-order valence-corrected chi connectivity index (χ2v) is 8.05. The Morgan fingerprint density at radius 2 is 1.96 bits per heavy atom. The number of amides is 1. The largest absolute Gasteiger partial charge is 0.467 e. The molecule has 0 spiro atoms. The Morgan fingerprint density at radius 3 is 2.71 bits per heavy atom. The quantitative estimate of drug-likeness (QED) is 0.774. The zero-order chi connectivity index (χ0) is 19.7. The van der Waals surface area contributed by atoms with Crippen LogP contribution < -0.4 is 9.64 Å². The fraction of sp³-hybridized carbons (Fsp3) is 0.381. The summed E-state index contributed by atoms with van der Waals surface area (Å²) in [6, 6.07) is 12.2. The zero-order valence-corrected chi connectivity index (χ0v) is 16.6. The van der Waals surface area contributed by atoms with Crippen molar-refractivity contribution in [3.05, 3.63) is 53.8 Å². The Kier molecular flexibility index (Phi) is 5.31. The van der Waals surface area contributed by atoms with E-state index in [2.05, 4.69) is 0 Å². The third-order valence-electron chi connectivity index (χ3n) is 5.32. The smallest absolute Gasteiger partial charge is 0.278 e. The highest BCUT2D eigenvalue weighted by Crippen LogP contribution is 2.41. The SMILES string of the molecule is COC1(c2cc(F)cc(SC3Oc4ccccc4N(C)C3=O)c2)CCOCC1. The van der Waals surface area contributed by atoms with Crippen molar-refractivity contribution in [2.45, 2.75) is 28.8 Å². The van der Waals surface area contributed by atoms with Gasteiger partial charge in [-0.2, -0.15) is 0 Å². The van der Waals surface area contributed by atoms with Crippen LogP contribution in [0.5, 0.6) is 5.75 Å². The maximum Gasteiger partial charge on any atom is 0.278 e. The summed E-state index contributed by atoms with van der Waals surface area (Å²) in [7, 11) is 3.36. The molecule has 7 heteroatoms. The average molecular weight is 403 g/mol. The summed E-state index contributed by atoms with van der Waals surface area (Å²) in [5.74, 6) is 0.0958. The van der Waals surface area contributed by atoms with Gasteiger partial charge in [0.25, 0.3) is 5.91 Å². The highest BCUT2D eigenvalue weighted by atomic mass is 32.2. The predicted octanol–water partition coefficient (Wildman–Crippen LogP) is 3.95. The molecule has 0 N–H and O–H groups in total. The van der Waals surface area contributed by atoms with Crippen LogP contribution in [0.25, 0.3) is 0 Å². The molecule has 1 atom stereocenters. The van der Waals surface area contributed by atoms with E-state index in [1.807, 2.05) is 30.3 Å². The third kappa shape index (κ3) is 3.50. The number of hydrogen-bond donors (Lipinski definition) is 0. The van der Waals surface area contributed by atoms with Gasteiger partial charge in [-0.1, -0.05) is 23.9 Å². The zero-order valence-electron chi connectivity index (χ0n) is 15.8. The maximum absolute atomic E-state index is 14.4. The van der Waals surface area contributed by atoms with Gasteiger partial charge in [0.2, 0.25) is 5.44 Å². The number of nitrogens with zero attached hydrogens (tertiary/aromatic N) is 1. The molecule has 2 aromatic rings. The van der Waals surface area contributed by atoms with Crippen LogP contribution in [0.1, 0.15) is 18.4 Å². The predicted molar refractivity (Wildman–Crippen MR) is 105 cm³/mol. The lowest BCUT2D eigenvalue weighted by Gasteiger charge is -2.36. The molecule has 1 unspecified atom stereocenters. The van der Waals surface area contributed by atoms with Crippen molar-refractivity contribution in [3.63, 3.8) is 0 Å². The van der Waals surface area contributed by atoms with Crippen molar-refractivity contribution >= 4 is 23.4 Å². The summed E-state index contributed by atoms with van der Waals surface area (Å²) in [4.78, 5) is 14.9. The van der Waals surface area contributed by atoms with Gasteiger partial charge >= 0.3 is 0 Å². The fourth-order valence-corrected chi connectivity index (χ4v) is 4.71. The molecule has 1 amide bonds. The summed E-state index contributed by atoms with van der Waals surface area (Å²) in [5, 5.41) is 0. The van der Waals surface area contributed by atoms with Crippen molar-refractivity contribution in [2.75, 3.05) is 32.3 Å². The number of carbonyl (C=O) groups is 1. The first-order valence-corrected chi connectivity index (χ1v) is 10.0. The first-order chi connectivity index (χ1) is 13.5. The number of para-hydroxylation sites is 2. The molecule has 0 bridgehead atoms. The lowest BCUT2D eigenvalue weighted by molar-refractivity contribution is -0.122. The van der Waals surface area contributed by atoms with E-state index in [0.29, 0.717) is 36.7 Å². The first kappa shape index (κ1) is 19.2. The summed E-state index contributed by atoms with van der Waals surface area (Å²) >= 11 is 1.20. The number of carbonyl (C=O) groups excluding carboxylic acids is 1. The van der Waals surface area contributed by atoms with Crippen LogP contribution in [0.2, 0.25) is 0 Å². The van der Waals surface area contributed by atoms with E-state index < -0.39 is 11.0 Å². The molecule has 2 aliphatic rings. The Hall–Kier alpha value is -2.09. The summed E-state index contributed by atoms with van der Waals surface area (Å²) in [6.07, 6.45) is 1.32. The number of fused-ring (bicyclic) bond motifs is 1. The van der Waals surface area contributed by atoms with Gasteiger partial charge in [-0.25, -0.2) is 4.39 Å². The molecule has 1 fully saturated rings. The topological polar surface area (TPSA) is 48.0 Å². The van der Waals surface area contributed by atoms with Crippen molar-refractivity contribution in [1.82, 2.24) is 0 Å². The summed E-state index contributed by atoms with van der Waals surface area (Å²) in [5.41, 5.74) is 0.140. The second-order valence-electron chi connectivity index (χ2n) is 6.92. The normalized spacial score (nSPS) is 21.2. The van der Waals surface area contributed by atoms with Gasteiger partial charge in [-0.3, -0.25) is 4.79 Å². The molecule has 0 aliphatic carbocycles. The average Bonchev–Trinajstić information content (AvgIpc) is 2.72. The van der Waals surface area contributed by atoms with Crippen LogP contribution >= 0.6 is 11.8 Å². The third-order valence-corrected chi connectivity index (χ3v) is 6.34. The van der Waals surface area contributed by atoms with Gasteiger partial charge < -0.3 is 19.1 Å². The Bertz CT molecular complexity index is 884. The number of thioether (sulfide) groups is 1. The lowest BCUT2D eigenvalue weighted by atomic mass is 9.86. The second kappa shape index (κ2) is 7.73. The fourth-order valence-electron chi connectivity index (χ4n) is 3.68. The number of halogens is 1. The van der Waals surface area contributed by atoms with Gasteiger partial charge in [-0.15, -0.1) is 0 Å². The van der Waals surface area contributed by atoms with Gasteiger partial charge in [0.1, 0.15) is 11.6 Å². The van der Waals surface area contributed by atoms with E-state index >= 15 is 0 Å². The highest BCUT2D eigenvalue weighted by molar-refractivity contribution is 8.00. The number of ether oxygens (including phenoxy) is 3. The Morgan fingerprint density at radius 1 is 1.21 bits per heavy atom. The van der Waals surface area contributed by atoms with Gasteiger partial charge in [0.15, 0.2) is 0 Å². The van der Waals surface area contributed by atoms with E-state index in [9.17, 15) is 9.18 Å². The number of hydrogen-bond acceptors (Lipinski definition) is 5. The van der Waals surface area contributed by atoms with Crippen LogP contribution in [0, 0.1) is 5.82 Å². The number of anilines is 1. The van der Waals surface area contributed by atoms with E-state index in [-0.39, 0.29) is 11.7 Å². The minimum absolute atomic E-state index is 0.179. The van der Waals surface area contributed by atoms with Gasteiger partial charge in [0, 0.05) is 45.1 Å². The standard InChI is InChI=1S/C21H22FNO4S/c1-23-17-5-3-4-6-18(17)27-20(19(23)24)28-16-12-14(11-15(22)13-16)21(25-2)7-9-26-10-8-21/h3-6,11-13,20H,7-10H2,1-2H3. The van der Waals surface area contributed by atoms with Crippen molar-refractivity contribution in [1.29, 1.82) is 0 Å². The van der Waals surface area contributed by atoms with Crippen LogP contribution in [0.4, 0.5) is 10.1 Å². The minimum Gasteiger partial charge on any atom is -0.467 e. The van der Waals surface area contributed by atoms with Crippen LogP contribution in [0.3, 0.4) is 0 Å². The van der Waals surface area contributed by atoms with Crippen LogP contribution in [0.15, 0.2) is 47.4 Å². The molecular formula is C21H22FNO4S.